The number of carboxylic acids is 1. The van der Waals surface area contributed by atoms with Gasteiger partial charge in [-0.15, -0.1) is 0 Å². The molecule has 1 saturated heterocycles. The van der Waals surface area contributed by atoms with Crippen molar-refractivity contribution in [3.8, 4) is 5.75 Å². The van der Waals surface area contributed by atoms with E-state index < -0.39 is 5.97 Å². The second kappa shape index (κ2) is 5.16. The molecular weight excluding hydrogens is 222 g/mol. The van der Waals surface area contributed by atoms with Crippen LogP contribution in [-0.4, -0.2) is 37.9 Å². The monoisotopic (exact) mass is 237 g/mol. The standard InChI is InChI=1S/C12H15NO4/c1-16-10-6-8(2-3-9(10)12(14)15)11-7-13-4-5-17-11/h2-3,6,11,13H,4-5,7H2,1H3,(H,14,15). The van der Waals surface area contributed by atoms with Crippen LogP contribution in [0, 0.1) is 0 Å². The third-order valence-corrected chi connectivity index (χ3v) is 2.76. The zero-order chi connectivity index (χ0) is 12.3. The number of morpholine rings is 1. The Hall–Kier alpha value is -1.59. The molecule has 0 aromatic heterocycles. The number of aromatic carboxylic acids is 1. The van der Waals surface area contributed by atoms with E-state index in [1.807, 2.05) is 0 Å². The molecule has 0 aliphatic carbocycles. The van der Waals surface area contributed by atoms with Gasteiger partial charge >= 0.3 is 5.97 Å². The van der Waals surface area contributed by atoms with Crippen LogP contribution in [0.25, 0.3) is 0 Å². The maximum Gasteiger partial charge on any atom is 0.339 e. The van der Waals surface area contributed by atoms with Crippen molar-refractivity contribution in [3.05, 3.63) is 29.3 Å². The van der Waals surface area contributed by atoms with Crippen molar-refractivity contribution < 1.29 is 19.4 Å². The van der Waals surface area contributed by atoms with Gasteiger partial charge in [0.25, 0.3) is 0 Å². The second-order valence-electron chi connectivity index (χ2n) is 3.83. The quantitative estimate of drug-likeness (QED) is 0.822. The Kier molecular flexibility index (Phi) is 3.61. The van der Waals surface area contributed by atoms with Crippen molar-refractivity contribution in [2.75, 3.05) is 26.8 Å². The van der Waals surface area contributed by atoms with Crippen molar-refractivity contribution in [1.29, 1.82) is 0 Å². The Morgan fingerprint density at radius 3 is 3.00 bits per heavy atom. The lowest BCUT2D eigenvalue weighted by Crippen LogP contribution is -2.33. The zero-order valence-corrected chi connectivity index (χ0v) is 9.60. The van der Waals surface area contributed by atoms with Crippen molar-refractivity contribution in [2.24, 2.45) is 0 Å². The summed E-state index contributed by atoms with van der Waals surface area (Å²) in [6.45, 7) is 2.24. The molecule has 5 nitrogen and oxygen atoms in total. The van der Waals surface area contributed by atoms with Crippen LogP contribution in [0.1, 0.15) is 22.0 Å². The molecule has 92 valence electrons. The highest BCUT2D eigenvalue weighted by Gasteiger charge is 2.18. The van der Waals surface area contributed by atoms with Gasteiger partial charge in [0.1, 0.15) is 11.3 Å². The van der Waals surface area contributed by atoms with E-state index in [4.69, 9.17) is 14.6 Å². The molecule has 1 fully saturated rings. The molecule has 0 radical (unpaired) electrons. The smallest absolute Gasteiger partial charge is 0.339 e. The summed E-state index contributed by atoms with van der Waals surface area (Å²) >= 11 is 0. The van der Waals surface area contributed by atoms with E-state index in [1.165, 1.54) is 7.11 Å². The van der Waals surface area contributed by atoms with Gasteiger partial charge in [-0.2, -0.15) is 0 Å². The maximum atomic E-state index is 10.9. The number of methoxy groups -OCH3 is 1. The van der Waals surface area contributed by atoms with Gasteiger partial charge < -0.3 is 19.9 Å². The molecule has 1 heterocycles. The zero-order valence-electron chi connectivity index (χ0n) is 9.60. The van der Waals surface area contributed by atoms with Crippen LogP contribution >= 0.6 is 0 Å². The van der Waals surface area contributed by atoms with Gasteiger partial charge in [0, 0.05) is 13.1 Å². The first-order chi connectivity index (χ1) is 8.22. The predicted octanol–water partition coefficient (Wildman–Crippen LogP) is 1.05. The highest BCUT2D eigenvalue weighted by molar-refractivity contribution is 5.91. The average Bonchev–Trinajstić information content (AvgIpc) is 2.39. The van der Waals surface area contributed by atoms with E-state index in [-0.39, 0.29) is 11.7 Å². The lowest BCUT2D eigenvalue weighted by molar-refractivity contribution is 0.0275. The van der Waals surface area contributed by atoms with Crippen LogP contribution in [0.3, 0.4) is 0 Å². The number of ether oxygens (including phenoxy) is 2. The van der Waals surface area contributed by atoms with Gasteiger partial charge in [0.05, 0.1) is 19.8 Å². The van der Waals surface area contributed by atoms with E-state index >= 15 is 0 Å². The van der Waals surface area contributed by atoms with Gasteiger partial charge in [0.15, 0.2) is 0 Å². The summed E-state index contributed by atoms with van der Waals surface area (Å²) in [6, 6.07) is 5.04. The summed E-state index contributed by atoms with van der Waals surface area (Å²) < 4.78 is 10.7. The molecule has 1 atom stereocenters. The van der Waals surface area contributed by atoms with Gasteiger partial charge in [-0.05, 0) is 17.7 Å². The number of hydrogen-bond donors (Lipinski definition) is 2. The van der Waals surface area contributed by atoms with Crippen LogP contribution in [0.4, 0.5) is 0 Å². The summed E-state index contributed by atoms with van der Waals surface area (Å²) in [7, 11) is 1.46. The summed E-state index contributed by atoms with van der Waals surface area (Å²) in [5.41, 5.74) is 1.10. The van der Waals surface area contributed by atoms with Crippen LogP contribution in [-0.2, 0) is 4.74 Å². The molecule has 5 heteroatoms. The molecule has 0 saturated carbocycles. The van der Waals surface area contributed by atoms with E-state index in [1.54, 1.807) is 18.2 Å². The lowest BCUT2D eigenvalue weighted by Gasteiger charge is -2.24. The molecule has 0 spiro atoms. The third kappa shape index (κ3) is 2.57. The van der Waals surface area contributed by atoms with Gasteiger partial charge in [-0.3, -0.25) is 0 Å². The Balaban J connectivity index is 2.27. The number of carbonyl (C=O) groups is 1. The van der Waals surface area contributed by atoms with Crippen molar-refractivity contribution in [1.82, 2.24) is 5.32 Å². The predicted molar refractivity (Wildman–Crippen MR) is 61.5 cm³/mol. The maximum absolute atomic E-state index is 10.9. The summed E-state index contributed by atoms with van der Waals surface area (Å²) in [4.78, 5) is 10.9. The van der Waals surface area contributed by atoms with E-state index in [2.05, 4.69) is 5.32 Å². The van der Waals surface area contributed by atoms with Gasteiger partial charge in [-0.1, -0.05) is 6.07 Å². The average molecular weight is 237 g/mol. The van der Waals surface area contributed by atoms with Crippen molar-refractivity contribution >= 4 is 5.97 Å². The largest absolute Gasteiger partial charge is 0.496 e. The molecule has 2 N–H and O–H groups in total. The summed E-state index contributed by atoms with van der Waals surface area (Å²) in [6.07, 6.45) is -0.0412. The van der Waals surface area contributed by atoms with Crippen LogP contribution in [0.15, 0.2) is 18.2 Å². The van der Waals surface area contributed by atoms with Crippen molar-refractivity contribution in [3.63, 3.8) is 0 Å². The fraction of sp³-hybridized carbons (Fsp3) is 0.417. The summed E-state index contributed by atoms with van der Waals surface area (Å²) in [5, 5.41) is 12.2. The minimum absolute atomic E-state index is 0.0412. The molecule has 17 heavy (non-hydrogen) atoms. The Bertz CT molecular complexity index is 413. The first-order valence-electron chi connectivity index (χ1n) is 5.46. The van der Waals surface area contributed by atoms with Crippen LogP contribution in [0.5, 0.6) is 5.75 Å². The number of carboxylic acid groups (broad SMARTS) is 1. The molecule has 2 rings (SSSR count). The number of benzene rings is 1. The molecule has 0 amide bonds. The molecule has 1 aliphatic rings. The Labute approximate surface area is 99.3 Å². The number of nitrogens with one attached hydrogen (secondary N) is 1. The fourth-order valence-corrected chi connectivity index (χ4v) is 1.86. The first-order valence-corrected chi connectivity index (χ1v) is 5.46. The second-order valence-corrected chi connectivity index (χ2v) is 3.83. The minimum Gasteiger partial charge on any atom is -0.496 e. The normalized spacial score (nSPS) is 19.9. The third-order valence-electron chi connectivity index (χ3n) is 2.76. The Morgan fingerprint density at radius 2 is 2.41 bits per heavy atom. The Morgan fingerprint density at radius 1 is 1.59 bits per heavy atom. The van der Waals surface area contributed by atoms with Gasteiger partial charge in [-0.25, -0.2) is 4.79 Å². The number of rotatable bonds is 3. The highest BCUT2D eigenvalue weighted by Crippen LogP contribution is 2.26. The number of hydrogen-bond acceptors (Lipinski definition) is 4. The molecule has 1 unspecified atom stereocenters. The molecular formula is C12H15NO4. The molecule has 1 aliphatic heterocycles. The summed E-state index contributed by atoms with van der Waals surface area (Å²) in [5.74, 6) is -0.625. The molecule has 1 aromatic carbocycles. The SMILES string of the molecule is COc1cc(C2CNCCO2)ccc1C(=O)O. The topological polar surface area (TPSA) is 67.8 Å². The first kappa shape index (κ1) is 11.9. The van der Waals surface area contributed by atoms with E-state index in [0.717, 1.165) is 18.7 Å². The van der Waals surface area contributed by atoms with E-state index in [0.29, 0.717) is 12.4 Å². The lowest BCUT2D eigenvalue weighted by atomic mass is 10.0. The minimum atomic E-state index is -0.990. The molecule has 1 aromatic rings. The van der Waals surface area contributed by atoms with Gasteiger partial charge in [0.2, 0.25) is 0 Å². The van der Waals surface area contributed by atoms with Crippen molar-refractivity contribution in [2.45, 2.75) is 6.10 Å². The fourth-order valence-electron chi connectivity index (χ4n) is 1.86. The van der Waals surface area contributed by atoms with Crippen LogP contribution in [0.2, 0.25) is 0 Å². The highest BCUT2D eigenvalue weighted by atomic mass is 16.5. The van der Waals surface area contributed by atoms with E-state index in [9.17, 15) is 4.79 Å². The van der Waals surface area contributed by atoms with Crippen LogP contribution < -0.4 is 10.1 Å². The molecule has 0 bridgehead atoms.